The van der Waals surface area contributed by atoms with Crippen LogP contribution in [0.1, 0.15) is 5.76 Å². The van der Waals surface area contributed by atoms with Gasteiger partial charge in [-0.15, -0.1) is 0 Å². The van der Waals surface area contributed by atoms with Gasteiger partial charge in [-0.1, -0.05) is 12.1 Å². The van der Waals surface area contributed by atoms with Gasteiger partial charge in [0.05, 0.1) is 16.2 Å². The third kappa shape index (κ3) is 3.63. The fourth-order valence-corrected chi connectivity index (χ4v) is 3.25. The van der Waals surface area contributed by atoms with Crippen LogP contribution in [0.3, 0.4) is 0 Å². The van der Waals surface area contributed by atoms with Crippen molar-refractivity contribution >= 4 is 51.9 Å². The second-order valence-electron chi connectivity index (χ2n) is 6.09. The number of para-hydroxylation sites is 1. The van der Waals surface area contributed by atoms with Crippen molar-refractivity contribution < 1.29 is 18.9 Å². The Kier molecular flexibility index (Phi) is 4.89. The summed E-state index contributed by atoms with van der Waals surface area (Å²) in [7, 11) is 0. The smallest absolute Gasteiger partial charge is 0.282 e. The first-order valence-corrected chi connectivity index (χ1v) is 9.48. The first kappa shape index (κ1) is 18.9. The standard InChI is InChI=1S/C20H12IN3O5/c21-12-5-7-13(8-6-12)23-20(26)16(19(25)22-23)11-14-9-10-18(29-14)15-3-1-2-4-17(15)24(27)28/h1-11H,(H,22,25). The number of anilines is 1. The maximum Gasteiger partial charge on any atom is 0.282 e. The Morgan fingerprint density at radius 1 is 1.03 bits per heavy atom. The van der Waals surface area contributed by atoms with Crippen LogP contribution in [0.5, 0.6) is 0 Å². The molecule has 29 heavy (non-hydrogen) atoms. The zero-order valence-corrected chi connectivity index (χ0v) is 16.8. The second-order valence-corrected chi connectivity index (χ2v) is 7.34. The molecule has 0 bridgehead atoms. The fourth-order valence-electron chi connectivity index (χ4n) is 2.89. The lowest BCUT2D eigenvalue weighted by molar-refractivity contribution is -0.384. The topological polar surface area (TPSA) is 106 Å². The van der Waals surface area contributed by atoms with E-state index in [0.717, 1.165) is 8.58 Å². The average Bonchev–Trinajstić information content (AvgIpc) is 3.29. The molecule has 1 aliphatic rings. The number of hydrogen-bond donors (Lipinski definition) is 1. The lowest BCUT2D eigenvalue weighted by Crippen LogP contribution is -2.35. The Morgan fingerprint density at radius 2 is 1.76 bits per heavy atom. The minimum absolute atomic E-state index is 0.0907. The van der Waals surface area contributed by atoms with E-state index in [9.17, 15) is 19.7 Å². The highest BCUT2D eigenvalue weighted by Gasteiger charge is 2.34. The van der Waals surface area contributed by atoms with Gasteiger partial charge in [0.1, 0.15) is 17.1 Å². The number of nitrogens with one attached hydrogen (secondary N) is 1. The summed E-state index contributed by atoms with van der Waals surface area (Å²) in [5, 5.41) is 12.4. The molecule has 9 heteroatoms. The zero-order chi connectivity index (χ0) is 20.5. The van der Waals surface area contributed by atoms with Crippen molar-refractivity contribution in [2.75, 3.05) is 5.01 Å². The van der Waals surface area contributed by atoms with Crippen molar-refractivity contribution in [2.45, 2.75) is 0 Å². The maximum atomic E-state index is 12.7. The van der Waals surface area contributed by atoms with Gasteiger partial charge in [0.2, 0.25) is 0 Å². The number of hydrazine groups is 1. The van der Waals surface area contributed by atoms with Crippen LogP contribution in [0.2, 0.25) is 0 Å². The van der Waals surface area contributed by atoms with Crippen LogP contribution < -0.4 is 10.4 Å². The highest BCUT2D eigenvalue weighted by molar-refractivity contribution is 14.1. The number of amides is 2. The Bertz CT molecular complexity index is 1170. The van der Waals surface area contributed by atoms with Crippen LogP contribution in [-0.2, 0) is 9.59 Å². The molecule has 0 radical (unpaired) electrons. The number of benzene rings is 2. The van der Waals surface area contributed by atoms with Gasteiger partial charge in [0.15, 0.2) is 0 Å². The summed E-state index contributed by atoms with van der Waals surface area (Å²) in [6.45, 7) is 0. The minimum atomic E-state index is -0.558. The highest BCUT2D eigenvalue weighted by Crippen LogP contribution is 2.32. The molecule has 2 aromatic carbocycles. The predicted octanol–water partition coefficient (Wildman–Crippen LogP) is 3.92. The molecule has 8 nitrogen and oxygen atoms in total. The Hall–Kier alpha value is -3.47. The average molecular weight is 501 g/mol. The number of rotatable bonds is 4. The van der Waals surface area contributed by atoms with E-state index in [1.165, 1.54) is 12.1 Å². The Morgan fingerprint density at radius 3 is 2.48 bits per heavy atom. The summed E-state index contributed by atoms with van der Waals surface area (Å²) in [4.78, 5) is 35.7. The van der Waals surface area contributed by atoms with Crippen molar-refractivity contribution in [3.05, 3.63) is 85.7 Å². The number of carbonyl (C=O) groups is 2. The number of nitrogens with zero attached hydrogens (tertiary/aromatic N) is 2. The van der Waals surface area contributed by atoms with Gasteiger partial charge in [-0.3, -0.25) is 25.1 Å². The summed E-state index contributed by atoms with van der Waals surface area (Å²) in [6, 6.07) is 16.4. The molecule has 1 aliphatic heterocycles. The molecular formula is C20H12IN3O5. The van der Waals surface area contributed by atoms with Crippen LogP contribution in [0.4, 0.5) is 11.4 Å². The van der Waals surface area contributed by atoms with Crippen molar-refractivity contribution in [3.63, 3.8) is 0 Å². The van der Waals surface area contributed by atoms with Gasteiger partial charge >= 0.3 is 0 Å². The van der Waals surface area contributed by atoms with Gasteiger partial charge in [-0.25, -0.2) is 5.01 Å². The molecule has 1 fully saturated rings. The fraction of sp³-hybridized carbons (Fsp3) is 0. The van der Waals surface area contributed by atoms with E-state index in [4.69, 9.17) is 4.42 Å². The summed E-state index contributed by atoms with van der Waals surface area (Å²) in [5.74, 6) is -0.567. The predicted molar refractivity (Wildman–Crippen MR) is 114 cm³/mol. The van der Waals surface area contributed by atoms with Gasteiger partial charge in [-0.2, -0.15) is 0 Å². The SMILES string of the molecule is O=C1NN(c2ccc(I)cc2)C(=O)C1=Cc1ccc(-c2ccccc2[N+](=O)[O-])o1. The number of carbonyl (C=O) groups excluding carboxylic acids is 2. The molecule has 1 N–H and O–H groups in total. The first-order valence-electron chi connectivity index (χ1n) is 8.40. The van der Waals surface area contributed by atoms with Crippen LogP contribution >= 0.6 is 22.6 Å². The summed E-state index contributed by atoms with van der Waals surface area (Å²) in [5.41, 5.74) is 3.17. The number of nitro groups is 1. The highest BCUT2D eigenvalue weighted by atomic mass is 127. The molecule has 3 aromatic rings. The van der Waals surface area contributed by atoms with E-state index >= 15 is 0 Å². The molecule has 2 amide bonds. The van der Waals surface area contributed by atoms with E-state index in [0.29, 0.717) is 11.3 Å². The molecule has 4 rings (SSSR count). The second kappa shape index (κ2) is 7.51. The van der Waals surface area contributed by atoms with Gasteiger partial charge < -0.3 is 4.42 Å². The van der Waals surface area contributed by atoms with Crippen LogP contribution in [0, 0.1) is 13.7 Å². The summed E-state index contributed by atoms with van der Waals surface area (Å²) >= 11 is 2.14. The third-order valence-electron chi connectivity index (χ3n) is 4.26. The number of nitro benzene ring substituents is 1. The van der Waals surface area contributed by atoms with Crippen molar-refractivity contribution in [2.24, 2.45) is 0 Å². The minimum Gasteiger partial charge on any atom is -0.456 e. The van der Waals surface area contributed by atoms with Crippen molar-refractivity contribution in [1.82, 2.24) is 5.43 Å². The number of hydrogen-bond acceptors (Lipinski definition) is 5. The summed E-state index contributed by atoms with van der Waals surface area (Å²) in [6.07, 6.45) is 1.32. The molecule has 0 spiro atoms. The zero-order valence-electron chi connectivity index (χ0n) is 14.7. The maximum absolute atomic E-state index is 12.7. The third-order valence-corrected chi connectivity index (χ3v) is 4.98. The van der Waals surface area contributed by atoms with E-state index in [1.807, 2.05) is 12.1 Å². The number of furan rings is 1. The van der Waals surface area contributed by atoms with E-state index < -0.39 is 16.7 Å². The molecule has 0 atom stereocenters. The van der Waals surface area contributed by atoms with Gasteiger partial charge in [0, 0.05) is 9.64 Å². The van der Waals surface area contributed by atoms with Crippen LogP contribution in [-0.4, -0.2) is 16.7 Å². The quantitative estimate of drug-likeness (QED) is 0.192. The van der Waals surface area contributed by atoms with Gasteiger partial charge in [0.25, 0.3) is 17.5 Å². The molecular weight excluding hydrogens is 489 g/mol. The van der Waals surface area contributed by atoms with Crippen LogP contribution in [0.25, 0.3) is 17.4 Å². The molecule has 1 aromatic heterocycles. The molecule has 2 heterocycles. The normalized spacial score (nSPS) is 15.1. The largest absolute Gasteiger partial charge is 0.456 e. The Balaban J connectivity index is 1.64. The van der Waals surface area contributed by atoms with E-state index in [2.05, 4.69) is 28.0 Å². The molecule has 0 saturated carbocycles. The lowest BCUT2D eigenvalue weighted by Gasteiger charge is -2.14. The summed E-state index contributed by atoms with van der Waals surface area (Å²) < 4.78 is 6.64. The molecule has 0 aliphatic carbocycles. The van der Waals surface area contributed by atoms with E-state index in [1.54, 1.807) is 42.5 Å². The molecule has 144 valence electrons. The number of halogens is 1. The molecule has 0 unspecified atom stereocenters. The van der Waals surface area contributed by atoms with Crippen molar-refractivity contribution in [1.29, 1.82) is 0 Å². The monoisotopic (exact) mass is 501 g/mol. The van der Waals surface area contributed by atoms with Crippen molar-refractivity contribution in [3.8, 4) is 11.3 Å². The van der Waals surface area contributed by atoms with Gasteiger partial charge in [-0.05, 0) is 71.1 Å². The lowest BCUT2D eigenvalue weighted by atomic mass is 10.1. The van der Waals surface area contributed by atoms with Crippen LogP contribution in [0.15, 0.2) is 70.7 Å². The van der Waals surface area contributed by atoms with E-state index in [-0.39, 0.29) is 22.8 Å². The Labute approximate surface area is 178 Å². The molecule has 1 saturated heterocycles. The first-order chi connectivity index (χ1) is 13.9.